The summed E-state index contributed by atoms with van der Waals surface area (Å²) in [6.45, 7) is 9.39. The van der Waals surface area contributed by atoms with Gasteiger partial charge in [-0.1, -0.05) is 18.2 Å². The van der Waals surface area contributed by atoms with Crippen molar-refractivity contribution in [3.8, 4) is 5.75 Å². The standard InChI is InChI=1S/C20H34N4O4S/c1-5-21-20(22-16-18-8-6-7-9-19(18)27-4)23-10-12-24(13-11-23)29(25,26)15-14-28-17(2)3/h6-9,17H,5,10-16H2,1-4H3,(H,21,22). The third-order valence-corrected chi connectivity index (χ3v) is 6.49. The van der Waals surface area contributed by atoms with Crippen LogP contribution in [0, 0.1) is 0 Å². The number of hydrogen-bond acceptors (Lipinski definition) is 5. The Morgan fingerprint density at radius 2 is 1.90 bits per heavy atom. The number of benzene rings is 1. The van der Waals surface area contributed by atoms with Crippen LogP contribution in [0.4, 0.5) is 0 Å². The van der Waals surface area contributed by atoms with Crippen molar-refractivity contribution >= 4 is 16.0 Å². The number of rotatable bonds is 9. The van der Waals surface area contributed by atoms with Gasteiger partial charge < -0.3 is 19.7 Å². The van der Waals surface area contributed by atoms with E-state index in [0.29, 0.717) is 32.7 Å². The smallest absolute Gasteiger partial charge is 0.216 e. The van der Waals surface area contributed by atoms with Gasteiger partial charge >= 0.3 is 0 Å². The molecule has 0 bridgehead atoms. The third kappa shape index (κ3) is 7.17. The Kier molecular flexibility index (Phi) is 9.19. The molecule has 0 amide bonds. The summed E-state index contributed by atoms with van der Waals surface area (Å²) in [6, 6.07) is 7.82. The maximum atomic E-state index is 12.5. The molecule has 0 unspecified atom stereocenters. The van der Waals surface area contributed by atoms with E-state index in [1.54, 1.807) is 11.4 Å². The Balaban J connectivity index is 1.97. The van der Waals surface area contributed by atoms with Crippen LogP contribution in [0.5, 0.6) is 5.75 Å². The van der Waals surface area contributed by atoms with E-state index >= 15 is 0 Å². The largest absolute Gasteiger partial charge is 0.496 e. The van der Waals surface area contributed by atoms with Crippen molar-refractivity contribution in [3.05, 3.63) is 29.8 Å². The second-order valence-corrected chi connectivity index (χ2v) is 9.19. The van der Waals surface area contributed by atoms with Gasteiger partial charge in [-0.05, 0) is 26.8 Å². The molecular weight excluding hydrogens is 392 g/mol. The predicted molar refractivity (Wildman–Crippen MR) is 116 cm³/mol. The minimum atomic E-state index is -3.30. The topological polar surface area (TPSA) is 83.5 Å². The van der Waals surface area contributed by atoms with E-state index < -0.39 is 10.0 Å². The van der Waals surface area contributed by atoms with Crippen molar-refractivity contribution < 1.29 is 17.9 Å². The van der Waals surface area contributed by atoms with E-state index in [0.717, 1.165) is 23.8 Å². The van der Waals surface area contributed by atoms with Crippen molar-refractivity contribution in [2.75, 3.05) is 52.2 Å². The molecule has 0 aromatic heterocycles. The minimum absolute atomic E-state index is 0.0210. The predicted octanol–water partition coefficient (Wildman–Crippen LogP) is 1.53. The highest BCUT2D eigenvalue weighted by Gasteiger charge is 2.28. The molecule has 1 aromatic carbocycles. The van der Waals surface area contributed by atoms with E-state index in [2.05, 4.69) is 10.2 Å². The van der Waals surface area contributed by atoms with Crippen LogP contribution in [0.15, 0.2) is 29.3 Å². The molecule has 0 aliphatic carbocycles. The molecule has 1 aliphatic rings. The number of guanidine groups is 1. The monoisotopic (exact) mass is 426 g/mol. The van der Waals surface area contributed by atoms with E-state index in [1.165, 1.54) is 0 Å². The van der Waals surface area contributed by atoms with Gasteiger partial charge in [0.25, 0.3) is 0 Å². The van der Waals surface area contributed by atoms with Crippen LogP contribution < -0.4 is 10.1 Å². The number of para-hydroxylation sites is 1. The molecule has 1 N–H and O–H groups in total. The van der Waals surface area contributed by atoms with Gasteiger partial charge in [0.2, 0.25) is 10.0 Å². The van der Waals surface area contributed by atoms with Crippen molar-refractivity contribution in [1.82, 2.24) is 14.5 Å². The van der Waals surface area contributed by atoms with Crippen molar-refractivity contribution in [2.45, 2.75) is 33.4 Å². The van der Waals surface area contributed by atoms with E-state index in [-0.39, 0.29) is 18.5 Å². The minimum Gasteiger partial charge on any atom is -0.496 e. The molecule has 9 heteroatoms. The van der Waals surface area contributed by atoms with Crippen molar-refractivity contribution in [1.29, 1.82) is 0 Å². The molecule has 1 aliphatic heterocycles. The molecule has 2 rings (SSSR count). The first kappa shape index (κ1) is 23.4. The SMILES string of the molecule is CCNC(=NCc1ccccc1OC)N1CCN(S(=O)(=O)CCOC(C)C)CC1. The Morgan fingerprint density at radius 3 is 2.52 bits per heavy atom. The van der Waals surface area contributed by atoms with Gasteiger partial charge in [0.1, 0.15) is 5.75 Å². The van der Waals surface area contributed by atoms with Crippen molar-refractivity contribution in [2.24, 2.45) is 4.99 Å². The van der Waals surface area contributed by atoms with E-state index in [1.807, 2.05) is 45.0 Å². The van der Waals surface area contributed by atoms with Crippen LogP contribution >= 0.6 is 0 Å². The maximum Gasteiger partial charge on any atom is 0.216 e. The number of piperazine rings is 1. The van der Waals surface area contributed by atoms with Gasteiger partial charge in [0.05, 0.1) is 32.1 Å². The molecule has 1 saturated heterocycles. The van der Waals surface area contributed by atoms with Gasteiger partial charge in [-0.25, -0.2) is 13.4 Å². The fourth-order valence-electron chi connectivity index (χ4n) is 3.12. The number of methoxy groups -OCH3 is 1. The van der Waals surface area contributed by atoms with Crippen LogP contribution in [0.3, 0.4) is 0 Å². The van der Waals surface area contributed by atoms with Crippen molar-refractivity contribution in [3.63, 3.8) is 0 Å². The van der Waals surface area contributed by atoms with Gasteiger partial charge in [-0.15, -0.1) is 0 Å². The van der Waals surface area contributed by atoms with Gasteiger partial charge in [0, 0.05) is 38.3 Å². The van der Waals surface area contributed by atoms with Crippen LogP contribution in [-0.2, 0) is 21.3 Å². The molecular formula is C20H34N4O4S. The summed E-state index contributed by atoms with van der Waals surface area (Å²) >= 11 is 0. The first-order valence-electron chi connectivity index (χ1n) is 10.1. The average molecular weight is 427 g/mol. The zero-order valence-corrected chi connectivity index (χ0v) is 18.7. The molecule has 29 heavy (non-hydrogen) atoms. The third-order valence-electron chi connectivity index (χ3n) is 4.65. The lowest BCUT2D eigenvalue weighted by Crippen LogP contribution is -2.54. The maximum absolute atomic E-state index is 12.5. The second kappa shape index (κ2) is 11.4. The normalized spacial score (nSPS) is 16.3. The Bertz CT molecular complexity index is 759. The molecule has 0 saturated carbocycles. The zero-order chi connectivity index (χ0) is 21.3. The first-order chi connectivity index (χ1) is 13.9. The Morgan fingerprint density at radius 1 is 1.21 bits per heavy atom. The number of hydrogen-bond donors (Lipinski definition) is 1. The Labute approximate surface area is 174 Å². The summed E-state index contributed by atoms with van der Waals surface area (Å²) in [7, 11) is -1.65. The summed E-state index contributed by atoms with van der Waals surface area (Å²) in [5.74, 6) is 1.62. The molecule has 0 atom stereocenters. The highest BCUT2D eigenvalue weighted by molar-refractivity contribution is 7.89. The fourth-order valence-corrected chi connectivity index (χ4v) is 4.40. The van der Waals surface area contributed by atoms with E-state index in [9.17, 15) is 8.42 Å². The lowest BCUT2D eigenvalue weighted by Gasteiger charge is -2.36. The molecule has 164 valence electrons. The fraction of sp³-hybridized carbons (Fsp3) is 0.650. The lowest BCUT2D eigenvalue weighted by atomic mass is 10.2. The molecule has 0 radical (unpaired) electrons. The summed E-state index contributed by atoms with van der Waals surface area (Å²) in [4.78, 5) is 6.84. The quantitative estimate of drug-likeness (QED) is 0.476. The number of nitrogens with zero attached hydrogens (tertiary/aromatic N) is 3. The number of ether oxygens (including phenoxy) is 2. The van der Waals surface area contributed by atoms with Gasteiger partial charge in [0.15, 0.2) is 5.96 Å². The summed E-state index contributed by atoms with van der Waals surface area (Å²) in [6.07, 6.45) is 0.0316. The second-order valence-electron chi connectivity index (χ2n) is 7.10. The number of nitrogens with one attached hydrogen (secondary N) is 1. The Hall–Kier alpha value is -1.84. The highest BCUT2D eigenvalue weighted by Crippen LogP contribution is 2.18. The number of sulfonamides is 1. The molecule has 0 spiro atoms. The summed E-state index contributed by atoms with van der Waals surface area (Å²) in [5.41, 5.74) is 1.01. The van der Waals surface area contributed by atoms with Gasteiger partial charge in [-0.2, -0.15) is 4.31 Å². The molecule has 1 fully saturated rings. The molecule has 1 heterocycles. The highest BCUT2D eigenvalue weighted by atomic mass is 32.2. The summed E-state index contributed by atoms with van der Waals surface area (Å²) < 4.78 is 37.4. The van der Waals surface area contributed by atoms with Crippen LogP contribution in [0.1, 0.15) is 26.3 Å². The molecule has 1 aromatic rings. The van der Waals surface area contributed by atoms with Crippen LogP contribution in [0.25, 0.3) is 0 Å². The van der Waals surface area contributed by atoms with E-state index in [4.69, 9.17) is 14.5 Å². The average Bonchev–Trinajstić information content (AvgIpc) is 2.71. The summed E-state index contributed by atoms with van der Waals surface area (Å²) in [5, 5.41) is 3.31. The lowest BCUT2D eigenvalue weighted by molar-refractivity contribution is 0.0904. The first-order valence-corrected chi connectivity index (χ1v) is 11.7. The number of aliphatic imine (C=N–C) groups is 1. The zero-order valence-electron chi connectivity index (χ0n) is 17.9. The van der Waals surface area contributed by atoms with Crippen LogP contribution in [-0.4, -0.2) is 81.9 Å². The molecule has 8 nitrogen and oxygen atoms in total. The van der Waals surface area contributed by atoms with Gasteiger partial charge in [-0.3, -0.25) is 0 Å². The van der Waals surface area contributed by atoms with Crippen LogP contribution in [0.2, 0.25) is 0 Å².